The molecule has 3 aromatic rings. The van der Waals surface area contributed by atoms with Gasteiger partial charge in [-0.2, -0.15) is 4.98 Å². The smallest absolute Gasteiger partial charge is 0.397 e. The maximum absolute atomic E-state index is 13.1. The third kappa shape index (κ3) is 5.97. The number of hydrogen-bond acceptors (Lipinski definition) is 6. The minimum Gasteiger partial charge on any atom is -0.459 e. The largest absolute Gasteiger partial charge is 0.459 e. The molecule has 0 unspecified atom stereocenters. The van der Waals surface area contributed by atoms with Crippen molar-refractivity contribution in [2.75, 3.05) is 6.61 Å². The average Bonchev–Trinajstić information content (AvgIpc) is 3.21. The van der Waals surface area contributed by atoms with E-state index >= 15 is 0 Å². The number of ketones is 1. The third-order valence-corrected chi connectivity index (χ3v) is 4.69. The van der Waals surface area contributed by atoms with E-state index in [0.717, 1.165) is 5.56 Å². The highest BCUT2D eigenvalue weighted by atomic mass is 35.5. The van der Waals surface area contributed by atoms with Gasteiger partial charge in [-0.1, -0.05) is 41.0 Å². The molecule has 0 spiro atoms. The van der Waals surface area contributed by atoms with Gasteiger partial charge in [0.15, 0.2) is 5.82 Å². The predicted molar refractivity (Wildman–Crippen MR) is 108 cm³/mol. The Kier molecular flexibility index (Phi) is 7.30. The van der Waals surface area contributed by atoms with Gasteiger partial charge in [-0.15, -0.1) is 0 Å². The molecule has 30 heavy (non-hydrogen) atoms. The lowest BCUT2D eigenvalue weighted by Gasteiger charge is -2.13. The second-order valence-electron chi connectivity index (χ2n) is 6.75. The Hall–Kier alpha value is -3.06. The minimum absolute atomic E-state index is 0.0666. The average molecular weight is 431 g/mol. The molecule has 6 nitrogen and oxygen atoms in total. The second-order valence-corrected chi connectivity index (χ2v) is 7.19. The van der Waals surface area contributed by atoms with E-state index in [2.05, 4.69) is 10.1 Å². The number of carbonyl (C=O) groups excluding carboxylic acids is 2. The van der Waals surface area contributed by atoms with Crippen molar-refractivity contribution >= 4 is 23.4 Å². The van der Waals surface area contributed by atoms with Crippen LogP contribution in [0.2, 0.25) is 5.02 Å². The molecule has 0 bridgehead atoms. The summed E-state index contributed by atoms with van der Waals surface area (Å²) in [5.74, 6) is -1.54. The zero-order chi connectivity index (χ0) is 21.5. The number of aromatic nitrogens is 2. The molecule has 0 saturated heterocycles. The van der Waals surface area contributed by atoms with Crippen molar-refractivity contribution in [1.82, 2.24) is 10.1 Å². The number of nitrogens with zero attached hydrogens (tertiary/aromatic N) is 2. The highest BCUT2D eigenvalue weighted by Crippen LogP contribution is 2.24. The summed E-state index contributed by atoms with van der Waals surface area (Å²) in [6.45, 7) is 1.85. The summed E-state index contributed by atoms with van der Waals surface area (Å²) in [5.41, 5.74) is 1.65. The lowest BCUT2D eigenvalue weighted by Crippen LogP contribution is -2.14. The van der Waals surface area contributed by atoms with Crippen LogP contribution in [0.5, 0.6) is 0 Å². The van der Waals surface area contributed by atoms with E-state index < -0.39 is 11.9 Å². The zero-order valence-corrected chi connectivity index (χ0v) is 17.1. The van der Waals surface area contributed by atoms with Crippen LogP contribution in [0.4, 0.5) is 4.39 Å². The van der Waals surface area contributed by atoms with E-state index in [9.17, 15) is 14.0 Å². The van der Waals surface area contributed by atoms with Crippen LogP contribution < -0.4 is 0 Å². The summed E-state index contributed by atoms with van der Waals surface area (Å²) < 4.78 is 23.0. The standard InChI is InChI=1S/C22H20ClFN2O4/c1-2-29-22(28)21-25-20(26-30-21)16(11-14-3-7-17(23)8-4-14)13-19(27)12-15-5-9-18(24)10-6-15/h3-10,16H,2,11-13H2,1H3/t16-/m1/s1. The predicted octanol–water partition coefficient (Wildman–Crippen LogP) is 4.57. The van der Waals surface area contributed by atoms with E-state index in [1.165, 1.54) is 12.1 Å². The first-order valence-corrected chi connectivity index (χ1v) is 9.83. The number of hydrogen-bond donors (Lipinski definition) is 0. The number of halogens is 2. The van der Waals surface area contributed by atoms with Gasteiger partial charge < -0.3 is 9.26 Å². The van der Waals surface area contributed by atoms with Gasteiger partial charge in [0.1, 0.15) is 11.6 Å². The number of ether oxygens (including phenoxy) is 1. The van der Waals surface area contributed by atoms with Gasteiger partial charge in [0, 0.05) is 23.8 Å². The molecule has 0 saturated carbocycles. The number of carbonyl (C=O) groups is 2. The number of benzene rings is 2. The molecule has 1 aromatic heterocycles. The van der Waals surface area contributed by atoms with E-state index in [1.54, 1.807) is 31.2 Å². The molecule has 0 aliphatic carbocycles. The molecule has 0 aliphatic rings. The van der Waals surface area contributed by atoms with Crippen molar-refractivity contribution in [3.8, 4) is 0 Å². The molecule has 156 valence electrons. The van der Waals surface area contributed by atoms with Crippen LogP contribution in [0.1, 0.15) is 46.9 Å². The van der Waals surface area contributed by atoms with E-state index in [4.69, 9.17) is 20.9 Å². The number of Topliss-reactive ketones (excluding diaryl/α,β-unsaturated/α-hetero) is 1. The zero-order valence-electron chi connectivity index (χ0n) is 16.3. The van der Waals surface area contributed by atoms with Gasteiger partial charge in [0.25, 0.3) is 0 Å². The van der Waals surface area contributed by atoms with E-state index in [-0.39, 0.29) is 42.8 Å². The Bertz CT molecular complexity index is 1000. The first kappa shape index (κ1) is 21.6. The van der Waals surface area contributed by atoms with Crippen molar-refractivity contribution < 1.29 is 23.2 Å². The molecule has 0 radical (unpaired) electrons. The van der Waals surface area contributed by atoms with Crippen LogP contribution in [-0.4, -0.2) is 28.5 Å². The van der Waals surface area contributed by atoms with Crippen LogP contribution in [0.25, 0.3) is 0 Å². The maximum atomic E-state index is 13.1. The van der Waals surface area contributed by atoms with Crippen LogP contribution in [0.15, 0.2) is 53.1 Å². The monoisotopic (exact) mass is 430 g/mol. The molecule has 0 aliphatic heterocycles. The summed E-state index contributed by atoms with van der Waals surface area (Å²) in [7, 11) is 0. The Morgan fingerprint density at radius 2 is 1.77 bits per heavy atom. The molecule has 8 heteroatoms. The summed E-state index contributed by atoms with van der Waals surface area (Å²) in [6, 6.07) is 13.0. The number of rotatable bonds is 9. The van der Waals surface area contributed by atoms with Gasteiger partial charge in [-0.25, -0.2) is 9.18 Å². The summed E-state index contributed by atoms with van der Waals surface area (Å²) in [5, 5.41) is 4.49. The lowest BCUT2D eigenvalue weighted by molar-refractivity contribution is -0.118. The SMILES string of the molecule is CCOC(=O)c1nc([C@@H](CC(=O)Cc2ccc(F)cc2)Cc2ccc(Cl)cc2)no1. The van der Waals surface area contributed by atoms with Crippen molar-refractivity contribution in [3.63, 3.8) is 0 Å². The minimum atomic E-state index is -0.709. The molecule has 0 amide bonds. The maximum Gasteiger partial charge on any atom is 0.397 e. The van der Waals surface area contributed by atoms with Gasteiger partial charge in [0.2, 0.25) is 0 Å². The van der Waals surface area contributed by atoms with Crippen molar-refractivity contribution in [1.29, 1.82) is 0 Å². The topological polar surface area (TPSA) is 82.3 Å². The molecular formula is C22H20ClFN2O4. The van der Waals surface area contributed by atoms with Gasteiger partial charge in [-0.05, 0) is 48.7 Å². The van der Waals surface area contributed by atoms with Gasteiger partial charge in [0.05, 0.1) is 6.61 Å². The van der Waals surface area contributed by atoms with E-state index in [0.29, 0.717) is 17.0 Å². The Labute approximate surface area is 178 Å². The fraction of sp³-hybridized carbons (Fsp3) is 0.273. The third-order valence-electron chi connectivity index (χ3n) is 4.44. The Morgan fingerprint density at radius 3 is 2.43 bits per heavy atom. The number of esters is 1. The van der Waals surface area contributed by atoms with Crippen LogP contribution in [-0.2, 0) is 22.4 Å². The van der Waals surface area contributed by atoms with Gasteiger partial charge in [-0.3, -0.25) is 4.79 Å². The molecule has 3 rings (SSSR count). The fourth-order valence-corrected chi connectivity index (χ4v) is 3.14. The highest BCUT2D eigenvalue weighted by molar-refractivity contribution is 6.30. The first-order valence-electron chi connectivity index (χ1n) is 9.46. The second kappa shape index (κ2) is 10.1. The highest BCUT2D eigenvalue weighted by Gasteiger charge is 2.25. The van der Waals surface area contributed by atoms with E-state index in [1.807, 2.05) is 12.1 Å². The van der Waals surface area contributed by atoms with Gasteiger partial charge >= 0.3 is 11.9 Å². The summed E-state index contributed by atoms with van der Waals surface area (Å²) >= 11 is 5.95. The summed E-state index contributed by atoms with van der Waals surface area (Å²) in [4.78, 5) is 28.6. The molecule has 0 N–H and O–H groups in total. The molecular weight excluding hydrogens is 411 g/mol. The molecule has 1 atom stereocenters. The van der Waals surface area contributed by atoms with Crippen LogP contribution in [0.3, 0.4) is 0 Å². The van der Waals surface area contributed by atoms with Crippen molar-refractivity contribution in [3.05, 3.63) is 82.2 Å². The molecule has 2 aromatic carbocycles. The summed E-state index contributed by atoms with van der Waals surface area (Å²) in [6.07, 6.45) is 0.732. The van der Waals surface area contributed by atoms with Crippen molar-refractivity contribution in [2.24, 2.45) is 0 Å². The molecule has 1 heterocycles. The van der Waals surface area contributed by atoms with Crippen molar-refractivity contribution in [2.45, 2.75) is 32.1 Å². The fourth-order valence-electron chi connectivity index (χ4n) is 3.01. The quantitative estimate of drug-likeness (QED) is 0.462. The molecule has 0 fully saturated rings. The normalized spacial score (nSPS) is 11.8. The van der Waals surface area contributed by atoms with Crippen LogP contribution in [0, 0.1) is 5.82 Å². The lowest BCUT2D eigenvalue weighted by atomic mass is 9.91. The van der Waals surface area contributed by atoms with Crippen LogP contribution >= 0.6 is 11.6 Å². The Morgan fingerprint density at radius 1 is 1.10 bits per heavy atom. The Balaban J connectivity index is 1.78. The first-order chi connectivity index (χ1) is 14.4.